The fourth-order valence-corrected chi connectivity index (χ4v) is 4.61. The molecule has 1 saturated heterocycles. The first kappa shape index (κ1) is 24.2. The largest absolute Gasteiger partial charge is 0.507 e. The molecule has 2 aliphatic heterocycles. The summed E-state index contributed by atoms with van der Waals surface area (Å²) in [6.07, 6.45) is -0.0771. The summed E-state index contributed by atoms with van der Waals surface area (Å²) in [6, 6.07) is 18.0. The molecule has 0 aliphatic carbocycles. The van der Waals surface area contributed by atoms with E-state index in [-0.39, 0.29) is 17.4 Å². The predicted octanol–water partition coefficient (Wildman–Crippen LogP) is 4.88. The van der Waals surface area contributed by atoms with Gasteiger partial charge in [0, 0.05) is 22.9 Å². The molecule has 2 aliphatic rings. The molecule has 190 valence electrons. The molecule has 1 atom stereocenters. The molecular formula is C29H27NO7. The van der Waals surface area contributed by atoms with E-state index in [2.05, 4.69) is 0 Å². The lowest BCUT2D eigenvalue weighted by Crippen LogP contribution is -2.30. The van der Waals surface area contributed by atoms with Gasteiger partial charge in [-0.3, -0.25) is 14.5 Å². The van der Waals surface area contributed by atoms with Crippen LogP contribution in [0.15, 0.2) is 72.3 Å². The third kappa shape index (κ3) is 4.46. The average Bonchev–Trinajstić information content (AvgIpc) is 3.17. The number of hydrogen-bond acceptors (Lipinski definition) is 7. The van der Waals surface area contributed by atoms with Crippen molar-refractivity contribution in [2.24, 2.45) is 0 Å². The van der Waals surface area contributed by atoms with E-state index in [1.54, 1.807) is 66.7 Å². The lowest BCUT2D eigenvalue weighted by atomic mass is 9.94. The number of ether oxygens (including phenoxy) is 4. The van der Waals surface area contributed by atoms with E-state index in [0.29, 0.717) is 53.0 Å². The number of nitrogens with zero attached hydrogens (tertiary/aromatic N) is 1. The van der Waals surface area contributed by atoms with Gasteiger partial charge in [0.25, 0.3) is 11.7 Å². The Morgan fingerprint density at radius 2 is 1.73 bits per heavy atom. The topological polar surface area (TPSA) is 94.5 Å². The van der Waals surface area contributed by atoms with Gasteiger partial charge < -0.3 is 24.1 Å². The molecular weight excluding hydrogens is 474 g/mol. The van der Waals surface area contributed by atoms with E-state index >= 15 is 0 Å². The number of anilines is 1. The zero-order valence-electron chi connectivity index (χ0n) is 20.8. The van der Waals surface area contributed by atoms with E-state index < -0.39 is 17.7 Å². The molecule has 0 aromatic heterocycles. The van der Waals surface area contributed by atoms with E-state index in [0.717, 1.165) is 0 Å². The molecule has 1 unspecified atom stereocenters. The van der Waals surface area contributed by atoms with Crippen LogP contribution in [0.3, 0.4) is 0 Å². The molecule has 8 heteroatoms. The summed E-state index contributed by atoms with van der Waals surface area (Å²) in [6.45, 7) is 4.60. The smallest absolute Gasteiger partial charge is 0.300 e. The predicted molar refractivity (Wildman–Crippen MR) is 137 cm³/mol. The summed E-state index contributed by atoms with van der Waals surface area (Å²) in [4.78, 5) is 28.4. The number of carbonyl (C=O) groups is 2. The SMILES string of the molecule is COc1ccccc1C1/C(=C(\O)c2cccc(OC(C)C)c2)C(=O)C(=O)N1c1ccc2c(c1)OCCO2. The fourth-order valence-electron chi connectivity index (χ4n) is 4.61. The first-order valence-corrected chi connectivity index (χ1v) is 12.0. The number of carbonyl (C=O) groups excluding carboxylic acids is 2. The maximum absolute atomic E-state index is 13.5. The second-order valence-corrected chi connectivity index (χ2v) is 8.93. The summed E-state index contributed by atoms with van der Waals surface area (Å²) in [5.41, 5.74) is 1.29. The Bertz CT molecular complexity index is 1390. The van der Waals surface area contributed by atoms with Crippen molar-refractivity contribution in [3.8, 4) is 23.0 Å². The van der Waals surface area contributed by atoms with Crippen molar-refractivity contribution in [2.75, 3.05) is 25.2 Å². The van der Waals surface area contributed by atoms with E-state index in [9.17, 15) is 14.7 Å². The zero-order chi connectivity index (χ0) is 26.1. The van der Waals surface area contributed by atoms with Crippen molar-refractivity contribution in [3.63, 3.8) is 0 Å². The quantitative estimate of drug-likeness (QED) is 0.292. The van der Waals surface area contributed by atoms with Crippen LogP contribution in [-0.4, -0.2) is 43.2 Å². The maximum Gasteiger partial charge on any atom is 0.300 e. The van der Waals surface area contributed by atoms with Gasteiger partial charge in [-0.1, -0.05) is 30.3 Å². The number of amides is 1. The van der Waals surface area contributed by atoms with E-state index in [1.807, 2.05) is 13.8 Å². The van der Waals surface area contributed by atoms with E-state index in [1.165, 1.54) is 12.0 Å². The van der Waals surface area contributed by atoms with Crippen LogP contribution in [-0.2, 0) is 9.59 Å². The minimum absolute atomic E-state index is 0.0499. The molecule has 0 saturated carbocycles. The lowest BCUT2D eigenvalue weighted by molar-refractivity contribution is -0.132. The van der Waals surface area contributed by atoms with Gasteiger partial charge in [-0.25, -0.2) is 0 Å². The van der Waals surface area contributed by atoms with Crippen molar-refractivity contribution < 1.29 is 33.6 Å². The van der Waals surface area contributed by atoms with Crippen molar-refractivity contribution in [1.82, 2.24) is 0 Å². The van der Waals surface area contributed by atoms with Gasteiger partial charge in [0.2, 0.25) is 0 Å². The van der Waals surface area contributed by atoms with Crippen molar-refractivity contribution >= 4 is 23.1 Å². The van der Waals surface area contributed by atoms with Crippen molar-refractivity contribution in [1.29, 1.82) is 0 Å². The summed E-state index contributed by atoms with van der Waals surface area (Å²) >= 11 is 0. The molecule has 8 nitrogen and oxygen atoms in total. The Labute approximate surface area is 214 Å². The number of ketones is 1. The Kier molecular flexibility index (Phi) is 6.48. The second-order valence-electron chi connectivity index (χ2n) is 8.93. The fraction of sp³-hybridized carbons (Fsp3) is 0.241. The first-order chi connectivity index (χ1) is 17.9. The standard InChI is InChI=1S/C29H27NO7/c1-17(2)37-20-8-6-7-18(15-20)27(31)25-26(21-9-4-5-10-22(21)34-3)30(29(33)28(25)32)19-11-12-23-24(16-19)36-14-13-35-23/h4-12,15-17,26,31H,13-14H2,1-3H3/b27-25+. The summed E-state index contributed by atoms with van der Waals surface area (Å²) in [5.74, 6) is 0.157. The number of hydrogen-bond donors (Lipinski definition) is 1. The highest BCUT2D eigenvalue weighted by atomic mass is 16.6. The molecule has 0 bridgehead atoms. The van der Waals surface area contributed by atoms with Gasteiger partial charge in [-0.05, 0) is 44.2 Å². The molecule has 0 radical (unpaired) electrons. The Morgan fingerprint density at radius 3 is 2.49 bits per heavy atom. The summed E-state index contributed by atoms with van der Waals surface area (Å²) in [7, 11) is 1.52. The Balaban J connectivity index is 1.70. The number of para-hydroxylation sites is 1. The van der Waals surface area contributed by atoms with Gasteiger partial charge in [-0.15, -0.1) is 0 Å². The second kappa shape index (κ2) is 9.89. The highest BCUT2D eigenvalue weighted by Crippen LogP contribution is 2.46. The molecule has 1 N–H and O–H groups in total. The highest BCUT2D eigenvalue weighted by molar-refractivity contribution is 6.51. The molecule has 1 amide bonds. The molecule has 1 fully saturated rings. The van der Waals surface area contributed by atoms with Crippen LogP contribution in [0.4, 0.5) is 5.69 Å². The number of aliphatic hydroxyl groups is 1. The monoisotopic (exact) mass is 501 g/mol. The van der Waals surface area contributed by atoms with Crippen molar-refractivity contribution in [3.05, 3.63) is 83.4 Å². The van der Waals surface area contributed by atoms with Crippen molar-refractivity contribution in [2.45, 2.75) is 26.0 Å². The van der Waals surface area contributed by atoms with Gasteiger partial charge in [0.05, 0.1) is 24.8 Å². The first-order valence-electron chi connectivity index (χ1n) is 12.0. The van der Waals surface area contributed by atoms with Gasteiger partial charge in [-0.2, -0.15) is 0 Å². The molecule has 37 heavy (non-hydrogen) atoms. The van der Waals surface area contributed by atoms with Crippen LogP contribution in [0.25, 0.3) is 5.76 Å². The number of methoxy groups -OCH3 is 1. The lowest BCUT2D eigenvalue weighted by Gasteiger charge is -2.28. The number of rotatable bonds is 6. The van der Waals surface area contributed by atoms with Crippen LogP contribution >= 0.6 is 0 Å². The van der Waals surface area contributed by atoms with Gasteiger partial charge in [0.15, 0.2) is 11.5 Å². The molecule has 0 spiro atoms. The number of benzene rings is 3. The van der Waals surface area contributed by atoms with Crippen LogP contribution in [0.2, 0.25) is 0 Å². The number of aliphatic hydroxyl groups excluding tert-OH is 1. The molecule has 3 aromatic rings. The van der Waals surface area contributed by atoms with Crippen LogP contribution in [0.1, 0.15) is 31.0 Å². The highest BCUT2D eigenvalue weighted by Gasteiger charge is 2.48. The third-order valence-electron chi connectivity index (χ3n) is 6.16. The van der Waals surface area contributed by atoms with Crippen LogP contribution in [0.5, 0.6) is 23.0 Å². The zero-order valence-corrected chi connectivity index (χ0v) is 20.8. The minimum Gasteiger partial charge on any atom is -0.507 e. The normalized spacial score (nSPS) is 18.3. The van der Waals surface area contributed by atoms with Gasteiger partial charge >= 0.3 is 0 Å². The Morgan fingerprint density at radius 1 is 0.973 bits per heavy atom. The van der Waals surface area contributed by atoms with Crippen LogP contribution in [0, 0.1) is 0 Å². The molecule has 2 heterocycles. The third-order valence-corrected chi connectivity index (χ3v) is 6.16. The average molecular weight is 502 g/mol. The summed E-state index contributed by atoms with van der Waals surface area (Å²) in [5, 5.41) is 11.5. The number of fused-ring (bicyclic) bond motifs is 1. The molecule has 5 rings (SSSR count). The number of Topliss-reactive ketones (excluding diaryl/α,β-unsaturated/α-hetero) is 1. The minimum atomic E-state index is -0.951. The Hall–Kier alpha value is -4.46. The van der Waals surface area contributed by atoms with Gasteiger partial charge in [0.1, 0.15) is 30.5 Å². The molecule has 3 aromatic carbocycles. The summed E-state index contributed by atoms with van der Waals surface area (Å²) < 4.78 is 22.7. The van der Waals surface area contributed by atoms with E-state index in [4.69, 9.17) is 18.9 Å². The maximum atomic E-state index is 13.5. The van der Waals surface area contributed by atoms with Crippen LogP contribution < -0.4 is 23.8 Å².